The standard InChI is InChI=1S/C19H31ClN4/c1-3-21-19(23-15-17-5-7-18(20)8-6-17)22-12-9-16-10-13-24(4-2)14-11-16/h5-8,16H,3-4,9-15H2,1-2H3,(H2,21,22,23). The maximum atomic E-state index is 5.92. The van der Waals surface area contributed by atoms with E-state index in [1.807, 2.05) is 24.3 Å². The van der Waals surface area contributed by atoms with Gasteiger partial charge in [0.05, 0.1) is 6.54 Å². The van der Waals surface area contributed by atoms with E-state index in [4.69, 9.17) is 11.6 Å². The average molecular weight is 351 g/mol. The normalized spacial score (nSPS) is 17.0. The average Bonchev–Trinajstić information content (AvgIpc) is 2.61. The summed E-state index contributed by atoms with van der Waals surface area (Å²) in [7, 11) is 0. The van der Waals surface area contributed by atoms with Gasteiger partial charge in [-0.2, -0.15) is 0 Å². The minimum absolute atomic E-state index is 0.668. The predicted octanol–water partition coefficient (Wildman–Crippen LogP) is 3.52. The van der Waals surface area contributed by atoms with E-state index in [1.165, 1.54) is 44.5 Å². The largest absolute Gasteiger partial charge is 0.357 e. The number of likely N-dealkylation sites (tertiary alicyclic amines) is 1. The van der Waals surface area contributed by atoms with E-state index in [0.29, 0.717) is 6.54 Å². The van der Waals surface area contributed by atoms with E-state index in [2.05, 4.69) is 34.4 Å². The number of rotatable bonds is 7. The smallest absolute Gasteiger partial charge is 0.191 e. The molecule has 0 radical (unpaired) electrons. The molecule has 24 heavy (non-hydrogen) atoms. The van der Waals surface area contributed by atoms with Gasteiger partial charge in [0.1, 0.15) is 0 Å². The molecule has 2 rings (SSSR count). The fourth-order valence-electron chi connectivity index (χ4n) is 3.09. The van der Waals surface area contributed by atoms with Crippen LogP contribution in [0.4, 0.5) is 0 Å². The minimum Gasteiger partial charge on any atom is -0.357 e. The van der Waals surface area contributed by atoms with Gasteiger partial charge in [-0.15, -0.1) is 0 Å². The highest BCUT2D eigenvalue weighted by atomic mass is 35.5. The molecule has 134 valence electrons. The van der Waals surface area contributed by atoms with Crippen LogP contribution in [0.5, 0.6) is 0 Å². The fourth-order valence-corrected chi connectivity index (χ4v) is 3.21. The molecule has 2 N–H and O–H groups in total. The van der Waals surface area contributed by atoms with Crippen molar-refractivity contribution in [3.05, 3.63) is 34.9 Å². The quantitative estimate of drug-likeness (QED) is 0.584. The maximum absolute atomic E-state index is 5.92. The first-order valence-electron chi connectivity index (χ1n) is 9.20. The second-order valence-electron chi connectivity index (χ2n) is 6.41. The summed E-state index contributed by atoms with van der Waals surface area (Å²) >= 11 is 5.92. The lowest BCUT2D eigenvalue weighted by Gasteiger charge is -2.31. The Hall–Kier alpha value is -1.26. The lowest BCUT2D eigenvalue weighted by molar-refractivity contribution is 0.187. The van der Waals surface area contributed by atoms with Gasteiger partial charge in [-0.05, 0) is 69.4 Å². The molecule has 0 bridgehead atoms. The lowest BCUT2D eigenvalue weighted by atomic mass is 9.93. The van der Waals surface area contributed by atoms with Crippen molar-refractivity contribution in [2.75, 3.05) is 32.7 Å². The van der Waals surface area contributed by atoms with Crippen LogP contribution < -0.4 is 10.6 Å². The fraction of sp³-hybridized carbons (Fsp3) is 0.632. The highest BCUT2D eigenvalue weighted by Crippen LogP contribution is 2.19. The van der Waals surface area contributed by atoms with E-state index >= 15 is 0 Å². The minimum atomic E-state index is 0.668. The Kier molecular flexibility index (Phi) is 8.40. The Morgan fingerprint density at radius 3 is 2.50 bits per heavy atom. The van der Waals surface area contributed by atoms with Gasteiger partial charge < -0.3 is 15.5 Å². The van der Waals surface area contributed by atoms with Crippen molar-refractivity contribution < 1.29 is 0 Å². The first-order valence-corrected chi connectivity index (χ1v) is 9.58. The molecule has 1 fully saturated rings. The van der Waals surface area contributed by atoms with Crippen LogP contribution >= 0.6 is 11.6 Å². The van der Waals surface area contributed by atoms with Crippen LogP contribution in [0, 0.1) is 5.92 Å². The molecule has 1 aromatic carbocycles. The summed E-state index contributed by atoms with van der Waals surface area (Å²) in [6.07, 6.45) is 3.88. The van der Waals surface area contributed by atoms with Gasteiger partial charge in [-0.25, -0.2) is 4.99 Å². The van der Waals surface area contributed by atoms with Crippen molar-refractivity contribution in [3.63, 3.8) is 0 Å². The highest BCUT2D eigenvalue weighted by molar-refractivity contribution is 6.30. The van der Waals surface area contributed by atoms with Crippen LogP contribution in [0.1, 0.15) is 38.7 Å². The van der Waals surface area contributed by atoms with Gasteiger partial charge in [-0.1, -0.05) is 30.7 Å². The van der Waals surface area contributed by atoms with Gasteiger partial charge >= 0.3 is 0 Å². The second-order valence-corrected chi connectivity index (χ2v) is 6.85. The summed E-state index contributed by atoms with van der Waals surface area (Å²) in [5, 5.41) is 7.56. The molecule has 1 heterocycles. The van der Waals surface area contributed by atoms with Crippen molar-refractivity contribution >= 4 is 17.6 Å². The third kappa shape index (κ3) is 6.70. The Bertz CT molecular complexity index is 493. The van der Waals surface area contributed by atoms with Gasteiger partial charge in [0.25, 0.3) is 0 Å². The third-order valence-electron chi connectivity index (χ3n) is 4.68. The van der Waals surface area contributed by atoms with Crippen molar-refractivity contribution in [1.82, 2.24) is 15.5 Å². The first kappa shape index (κ1) is 19.1. The molecule has 0 spiro atoms. The highest BCUT2D eigenvalue weighted by Gasteiger charge is 2.17. The van der Waals surface area contributed by atoms with Crippen LogP contribution in [-0.2, 0) is 6.54 Å². The summed E-state index contributed by atoms with van der Waals surface area (Å²) in [4.78, 5) is 7.21. The van der Waals surface area contributed by atoms with Gasteiger partial charge in [0.15, 0.2) is 5.96 Å². The van der Waals surface area contributed by atoms with Crippen molar-refractivity contribution in [2.24, 2.45) is 10.9 Å². The zero-order valence-electron chi connectivity index (χ0n) is 15.0. The Morgan fingerprint density at radius 2 is 1.88 bits per heavy atom. The molecule has 0 saturated carbocycles. The molecule has 1 saturated heterocycles. The summed E-state index contributed by atoms with van der Waals surface area (Å²) in [6.45, 7) is 10.6. The number of hydrogen-bond donors (Lipinski definition) is 2. The lowest BCUT2D eigenvalue weighted by Crippen LogP contribution is -2.39. The summed E-state index contributed by atoms with van der Waals surface area (Å²) in [5.74, 6) is 1.75. The third-order valence-corrected chi connectivity index (χ3v) is 4.93. The van der Waals surface area contributed by atoms with Crippen LogP contribution in [0.25, 0.3) is 0 Å². The van der Waals surface area contributed by atoms with Gasteiger partial charge in [0, 0.05) is 18.1 Å². The van der Waals surface area contributed by atoms with E-state index in [0.717, 1.165) is 30.0 Å². The van der Waals surface area contributed by atoms with Crippen molar-refractivity contribution in [1.29, 1.82) is 0 Å². The number of nitrogens with one attached hydrogen (secondary N) is 2. The Balaban J connectivity index is 1.74. The van der Waals surface area contributed by atoms with E-state index in [9.17, 15) is 0 Å². The molecule has 0 aromatic heterocycles. The number of nitrogens with zero attached hydrogens (tertiary/aromatic N) is 2. The van der Waals surface area contributed by atoms with Crippen LogP contribution in [0.3, 0.4) is 0 Å². The number of halogens is 1. The molecule has 1 aromatic rings. The van der Waals surface area contributed by atoms with Crippen LogP contribution in [0.2, 0.25) is 5.02 Å². The van der Waals surface area contributed by atoms with Crippen LogP contribution in [0.15, 0.2) is 29.3 Å². The number of aliphatic imine (C=N–C) groups is 1. The number of benzene rings is 1. The summed E-state index contributed by atoms with van der Waals surface area (Å²) in [6, 6.07) is 7.87. The van der Waals surface area contributed by atoms with Crippen molar-refractivity contribution in [3.8, 4) is 0 Å². The number of piperidine rings is 1. The molecule has 4 nitrogen and oxygen atoms in total. The van der Waals surface area contributed by atoms with Gasteiger partial charge in [-0.3, -0.25) is 0 Å². The van der Waals surface area contributed by atoms with Crippen LogP contribution in [-0.4, -0.2) is 43.6 Å². The van der Waals surface area contributed by atoms with Gasteiger partial charge in [0.2, 0.25) is 0 Å². The first-order chi connectivity index (χ1) is 11.7. The van der Waals surface area contributed by atoms with E-state index in [1.54, 1.807) is 0 Å². The van der Waals surface area contributed by atoms with Crippen molar-refractivity contribution in [2.45, 2.75) is 39.7 Å². The number of guanidine groups is 1. The molecule has 0 unspecified atom stereocenters. The molecule has 1 aliphatic heterocycles. The molecule has 0 aliphatic carbocycles. The molecular formula is C19H31ClN4. The summed E-state index contributed by atoms with van der Waals surface area (Å²) < 4.78 is 0. The molecule has 0 amide bonds. The monoisotopic (exact) mass is 350 g/mol. The topological polar surface area (TPSA) is 39.7 Å². The maximum Gasteiger partial charge on any atom is 0.191 e. The van der Waals surface area contributed by atoms with E-state index < -0.39 is 0 Å². The summed E-state index contributed by atoms with van der Waals surface area (Å²) in [5.41, 5.74) is 1.17. The Labute approximate surface area is 151 Å². The zero-order valence-corrected chi connectivity index (χ0v) is 15.8. The zero-order chi connectivity index (χ0) is 17.2. The second kappa shape index (κ2) is 10.6. The molecule has 5 heteroatoms. The Morgan fingerprint density at radius 1 is 1.17 bits per heavy atom. The number of hydrogen-bond acceptors (Lipinski definition) is 2. The SMILES string of the molecule is CCNC(=NCc1ccc(Cl)cc1)NCCC1CCN(CC)CC1. The van der Waals surface area contributed by atoms with E-state index in [-0.39, 0.29) is 0 Å². The molecular weight excluding hydrogens is 320 g/mol. The molecule has 1 aliphatic rings. The molecule has 0 atom stereocenters. The predicted molar refractivity (Wildman–Crippen MR) is 104 cm³/mol.